The lowest BCUT2D eigenvalue weighted by atomic mass is 9.96. The number of thiocarbonyl (C=S) groups is 1. The molecule has 4 rings (SSSR count). The molecule has 0 unspecified atom stereocenters. The fraction of sp³-hybridized carbons (Fsp3) is 0.179. The number of amides is 1. The SMILES string of the molecule is CN(C)c1ccc(-c2ccc(OC(C)(C)C(=O)c3ccccc3)c(C=C3SC(=S)NC3=O)c2)cc1. The van der Waals surface area contributed by atoms with Crippen LogP contribution in [0.25, 0.3) is 17.2 Å². The van der Waals surface area contributed by atoms with Gasteiger partial charge < -0.3 is 15.0 Å². The molecule has 35 heavy (non-hydrogen) atoms. The molecule has 1 saturated heterocycles. The lowest BCUT2D eigenvalue weighted by Crippen LogP contribution is -2.38. The number of hydrogen-bond acceptors (Lipinski definition) is 6. The van der Waals surface area contributed by atoms with Gasteiger partial charge >= 0.3 is 0 Å². The highest BCUT2D eigenvalue weighted by Crippen LogP contribution is 2.35. The molecule has 178 valence electrons. The molecule has 1 N–H and O–H groups in total. The number of Topliss-reactive ketones (excluding diaryl/α,β-unsaturated/α-hetero) is 1. The van der Waals surface area contributed by atoms with Crippen LogP contribution in [-0.2, 0) is 4.79 Å². The van der Waals surface area contributed by atoms with Crippen molar-refractivity contribution in [1.29, 1.82) is 0 Å². The third-order valence-electron chi connectivity index (χ3n) is 5.60. The molecule has 1 aliphatic heterocycles. The van der Waals surface area contributed by atoms with Crippen LogP contribution in [0.15, 0.2) is 77.7 Å². The fourth-order valence-corrected chi connectivity index (χ4v) is 4.74. The van der Waals surface area contributed by atoms with Crippen LogP contribution < -0.4 is 15.0 Å². The minimum atomic E-state index is -1.12. The molecule has 0 atom stereocenters. The van der Waals surface area contributed by atoms with Crippen LogP contribution in [0.4, 0.5) is 5.69 Å². The number of nitrogens with one attached hydrogen (secondary N) is 1. The molecule has 0 saturated carbocycles. The monoisotopic (exact) mass is 502 g/mol. The highest BCUT2D eigenvalue weighted by molar-refractivity contribution is 8.26. The van der Waals surface area contributed by atoms with Crippen molar-refractivity contribution in [2.24, 2.45) is 0 Å². The van der Waals surface area contributed by atoms with E-state index >= 15 is 0 Å². The van der Waals surface area contributed by atoms with E-state index in [1.54, 1.807) is 32.1 Å². The maximum atomic E-state index is 13.2. The smallest absolute Gasteiger partial charge is 0.263 e. The van der Waals surface area contributed by atoms with Crippen LogP contribution in [0.2, 0.25) is 0 Å². The predicted molar refractivity (Wildman–Crippen MR) is 148 cm³/mol. The number of nitrogens with zero attached hydrogens (tertiary/aromatic N) is 1. The predicted octanol–water partition coefficient (Wildman–Crippen LogP) is 5.95. The molecule has 3 aromatic rings. The highest BCUT2D eigenvalue weighted by atomic mass is 32.2. The standard InChI is InChI=1S/C28H26N2O3S2/c1-28(2,25(31)19-8-6-5-7-9-19)33-23-15-12-20(18-10-13-22(14-11-18)30(3)4)16-21(23)17-24-26(32)29-27(34)35-24/h5-17H,1-4H3,(H,29,32,34). The Morgan fingerprint density at radius 3 is 2.26 bits per heavy atom. The van der Waals surface area contributed by atoms with Crippen LogP contribution >= 0.6 is 24.0 Å². The lowest BCUT2D eigenvalue weighted by Gasteiger charge is -2.26. The van der Waals surface area contributed by atoms with Gasteiger partial charge in [0.15, 0.2) is 5.60 Å². The topological polar surface area (TPSA) is 58.6 Å². The van der Waals surface area contributed by atoms with Crippen molar-refractivity contribution in [1.82, 2.24) is 5.32 Å². The number of carbonyl (C=O) groups is 2. The number of ether oxygens (including phenoxy) is 1. The fourth-order valence-electron chi connectivity index (χ4n) is 3.71. The Morgan fingerprint density at radius 1 is 1.00 bits per heavy atom. The molecule has 1 fully saturated rings. The summed E-state index contributed by atoms with van der Waals surface area (Å²) in [6.45, 7) is 3.50. The van der Waals surface area contributed by atoms with Crippen molar-refractivity contribution in [3.63, 3.8) is 0 Å². The Balaban J connectivity index is 1.73. The molecule has 5 nitrogen and oxygen atoms in total. The van der Waals surface area contributed by atoms with E-state index in [0.717, 1.165) is 16.8 Å². The quantitative estimate of drug-likeness (QED) is 0.245. The van der Waals surface area contributed by atoms with Crippen molar-refractivity contribution < 1.29 is 14.3 Å². The summed E-state index contributed by atoms with van der Waals surface area (Å²) in [6, 6.07) is 23.1. The number of thioether (sulfide) groups is 1. The van der Waals surface area contributed by atoms with E-state index in [2.05, 4.69) is 29.6 Å². The molecule has 1 aliphatic rings. The molecule has 0 aromatic heterocycles. The normalized spacial score (nSPS) is 14.7. The first kappa shape index (κ1) is 24.7. The van der Waals surface area contributed by atoms with E-state index in [9.17, 15) is 9.59 Å². The molecule has 0 spiro atoms. The summed E-state index contributed by atoms with van der Waals surface area (Å²) in [7, 11) is 4.00. The van der Waals surface area contributed by atoms with Gasteiger partial charge in [-0.3, -0.25) is 9.59 Å². The molecule has 1 amide bonds. The zero-order chi connectivity index (χ0) is 25.2. The average Bonchev–Trinajstić information content (AvgIpc) is 3.16. The van der Waals surface area contributed by atoms with E-state index in [1.165, 1.54) is 11.8 Å². The number of anilines is 1. The minimum absolute atomic E-state index is 0.130. The number of ketones is 1. The first-order valence-electron chi connectivity index (χ1n) is 11.1. The van der Waals surface area contributed by atoms with Gasteiger partial charge in [-0.05, 0) is 55.3 Å². The zero-order valence-electron chi connectivity index (χ0n) is 20.0. The maximum Gasteiger partial charge on any atom is 0.263 e. The highest BCUT2D eigenvalue weighted by Gasteiger charge is 2.32. The van der Waals surface area contributed by atoms with E-state index in [0.29, 0.717) is 26.1 Å². The number of carbonyl (C=O) groups excluding carboxylic acids is 2. The molecular formula is C28H26N2O3S2. The van der Waals surface area contributed by atoms with Gasteiger partial charge in [-0.25, -0.2) is 0 Å². The molecule has 3 aromatic carbocycles. The third-order valence-corrected chi connectivity index (χ3v) is 6.77. The number of hydrogen-bond donors (Lipinski definition) is 1. The Morgan fingerprint density at radius 2 is 1.66 bits per heavy atom. The molecular weight excluding hydrogens is 476 g/mol. The van der Waals surface area contributed by atoms with Gasteiger partial charge in [0.2, 0.25) is 5.78 Å². The van der Waals surface area contributed by atoms with Crippen molar-refractivity contribution in [3.05, 3.63) is 88.8 Å². The van der Waals surface area contributed by atoms with Crippen LogP contribution in [0.5, 0.6) is 5.75 Å². The van der Waals surface area contributed by atoms with E-state index < -0.39 is 5.60 Å². The van der Waals surface area contributed by atoms with Crippen LogP contribution in [0.3, 0.4) is 0 Å². The van der Waals surface area contributed by atoms with E-state index in [4.69, 9.17) is 17.0 Å². The average molecular weight is 503 g/mol. The van der Waals surface area contributed by atoms with Crippen LogP contribution in [0.1, 0.15) is 29.8 Å². The van der Waals surface area contributed by atoms with Gasteiger partial charge in [0.1, 0.15) is 10.1 Å². The second-order valence-corrected chi connectivity index (χ2v) is 10.6. The first-order valence-corrected chi connectivity index (χ1v) is 12.3. The minimum Gasteiger partial charge on any atom is -0.479 e. The zero-order valence-corrected chi connectivity index (χ0v) is 21.6. The third kappa shape index (κ3) is 5.63. The number of rotatable bonds is 7. The summed E-state index contributed by atoms with van der Waals surface area (Å²) in [5, 5.41) is 2.65. The summed E-state index contributed by atoms with van der Waals surface area (Å²) in [5.41, 5.74) is 3.24. The van der Waals surface area contributed by atoms with Crippen molar-refractivity contribution in [3.8, 4) is 16.9 Å². The van der Waals surface area contributed by atoms with Crippen LogP contribution in [-0.4, -0.2) is 35.7 Å². The summed E-state index contributed by atoms with van der Waals surface area (Å²) in [6.07, 6.45) is 1.76. The van der Waals surface area contributed by atoms with E-state index in [-0.39, 0.29) is 11.7 Å². The number of benzene rings is 3. The lowest BCUT2D eigenvalue weighted by molar-refractivity contribution is -0.115. The Bertz CT molecular complexity index is 1310. The summed E-state index contributed by atoms with van der Waals surface area (Å²) in [4.78, 5) is 28.0. The molecule has 0 radical (unpaired) electrons. The van der Waals surface area contributed by atoms with E-state index in [1.807, 2.05) is 55.4 Å². The summed E-state index contributed by atoms with van der Waals surface area (Å²) >= 11 is 6.35. The summed E-state index contributed by atoms with van der Waals surface area (Å²) < 4.78 is 6.70. The summed E-state index contributed by atoms with van der Waals surface area (Å²) in [5.74, 6) is 0.132. The Hall–Kier alpha value is -3.42. The van der Waals surface area contributed by atoms with Gasteiger partial charge in [0.25, 0.3) is 5.91 Å². The molecule has 0 aliphatic carbocycles. The van der Waals surface area contributed by atoms with Crippen molar-refractivity contribution in [2.75, 3.05) is 19.0 Å². The van der Waals surface area contributed by atoms with Gasteiger partial charge in [0.05, 0.1) is 4.91 Å². The van der Waals surface area contributed by atoms with Crippen molar-refractivity contribution in [2.45, 2.75) is 19.4 Å². The van der Waals surface area contributed by atoms with Crippen LogP contribution in [0, 0.1) is 0 Å². The molecule has 7 heteroatoms. The van der Waals surface area contributed by atoms with Gasteiger partial charge in [0, 0.05) is 30.9 Å². The van der Waals surface area contributed by atoms with Crippen molar-refractivity contribution >= 4 is 51.8 Å². The van der Waals surface area contributed by atoms with Gasteiger partial charge in [-0.2, -0.15) is 0 Å². The van der Waals surface area contributed by atoms with Gasteiger partial charge in [-0.1, -0.05) is 72.5 Å². The largest absolute Gasteiger partial charge is 0.479 e. The first-order chi connectivity index (χ1) is 16.6. The molecule has 0 bridgehead atoms. The maximum absolute atomic E-state index is 13.2. The second kappa shape index (κ2) is 10.1. The molecule has 1 heterocycles. The Kier molecular flexibility index (Phi) is 7.10. The Labute approximate surface area is 215 Å². The second-order valence-electron chi connectivity index (χ2n) is 8.85. The van der Waals surface area contributed by atoms with Gasteiger partial charge in [-0.15, -0.1) is 0 Å².